The van der Waals surface area contributed by atoms with Gasteiger partial charge in [-0.2, -0.15) is 0 Å². The summed E-state index contributed by atoms with van der Waals surface area (Å²) in [6.45, 7) is 1.05. The van der Waals surface area contributed by atoms with Crippen molar-refractivity contribution in [1.82, 2.24) is 10.3 Å². The van der Waals surface area contributed by atoms with E-state index in [1.807, 2.05) is 48.5 Å². The maximum Gasteiger partial charge on any atom is 0.267 e. The average Bonchev–Trinajstić information content (AvgIpc) is 3.08. The van der Waals surface area contributed by atoms with Gasteiger partial charge in [0.2, 0.25) is 0 Å². The molecule has 5 nitrogen and oxygen atoms in total. The van der Waals surface area contributed by atoms with Crippen molar-refractivity contribution < 1.29 is 4.79 Å². The Morgan fingerprint density at radius 1 is 1.12 bits per heavy atom. The molecule has 1 unspecified atom stereocenters. The summed E-state index contributed by atoms with van der Waals surface area (Å²) in [5.41, 5.74) is 15.0. The first-order valence-electron chi connectivity index (χ1n) is 8.69. The van der Waals surface area contributed by atoms with Crippen molar-refractivity contribution in [2.24, 2.45) is 11.5 Å². The van der Waals surface area contributed by atoms with Crippen molar-refractivity contribution in [3.05, 3.63) is 59.2 Å². The molecule has 1 amide bonds. The molecule has 0 radical (unpaired) electrons. The molecule has 3 rings (SSSR count). The van der Waals surface area contributed by atoms with Crippen LogP contribution in [-0.2, 0) is 0 Å². The summed E-state index contributed by atoms with van der Waals surface area (Å²) >= 11 is 5.95. The fourth-order valence-electron chi connectivity index (χ4n) is 2.87. The number of aromatic nitrogens is 1. The predicted octanol–water partition coefficient (Wildman–Crippen LogP) is 3.28. The molecule has 0 fully saturated rings. The Labute approximate surface area is 157 Å². The number of nitrogens with one attached hydrogen (secondary N) is 2. The van der Waals surface area contributed by atoms with Gasteiger partial charge in [0.15, 0.2) is 0 Å². The topological polar surface area (TPSA) is 96.9 Å². The fourth-order valence-corrected chi connectivity index (χ4v) is 3.00. The number of aromatic amines is 1. The number of rotatable bonds is 7. The second-order valence-electron chi connectivity index (χ2n) is 6.39. The van der Waals surface area contributed by atoms with Crippen molar-refractivity contribution in [3.8, 4) is 11.1 Å². The highest BCUT2D eigenvalue weighted by atomic mass is 35.5. The van der Waals surface area contributed by atoms with E-state index in [1.54, 1.807) is 0 Å². The third kappa shape index (κ3) is 4.43. The molecule has 0 bridgehead atoms. The molecule has 0 saturated heterocycles. The van der Waals surface area contributed by atoms with Crippen LogP contribution in [0.4, 0.5) is 0 Å². The van der Waals surface area contributed by atoms with Crippen LogP contribution in [0.5, 0.6) is 0 Å². The largest absolute Gasteiger partial charge is 0.351 e. The number of fused-ring (bicyclic) bond motifs is 1. The molecule has 0 aliphatic rings. The Bertz CT molecular complexity index is 888. The second kappa shape index (κ2) is 8.36. The van der Waals surface area contributed by atoms with E-state index in [-0.39, 0.29) is 11.9 Å². The SMILES string of the molecule is NCCCC(N)CNC(=O)c1cc2ccc(-c3ccc(Cl)cc3)cc2[nH]1. The van der Waals surface area contributed by atoms with E-state index in [9.17, 15) is 4.79 Å². The average molecular weight is 371 g/mol. The van der Waals surface area contributed by atoms with Crippen LogP contribution in [0.1, 0.15) is 23.3 Å². The summed E-state index contributed by atoms with van der Waals surface area (Å²) in [5.74, 6) is -0.155. The summed E-state index contributed by atoms with van der Waals surface area (Å²) < 4.78 is 0. The number of hydrogen-bond acceptors (Lipinski definition) is 3. The number of hydrogen-bond donors (Lipinski definition) is 4. The van der Waals surface area contributed by atoms with Crippen molar-refractivity contribution in [2.45, 2.75) is 18.9 Å². The molecule has 26 heavy (non-hydrogen) atoms. The highest BCUT2D eigenvalue weighted by Gasteiger charge is 2.11. The number of carbonyl (C=O) groups is 1. The van der Waals surface area contributed by atoms with Crippen molar-refractivity contribution in [3.63, 3.8) is 0 Å². The number of halogens is 1. The minimum Gasteiger partial charge on any atom is -0.351 e. The molecule has 3 aromatic rings. The van der Waals surface area contributed by atoms with Crippen LogP contribution < -0.4 is 16.8 Å². The van der Waals surface area contributed by atoms with Gasteiger partial charge < -0.3 is 21.8 Å². The van der Waals surface area contributed by atoms with Gasteiger partial charge in [-0.15, -0.1) is 0 Å². The number of benzene rings is 2. The van der Waals surface area contributed by atoms with Crippen LogP contribution in [0.15, 0.2) is 48.5 Å². The van der Waals surface area contributed by atoms with Crippen LogP contribution in [0.3, 0.4) is 0 Å². The molecule has 2 aromatic carbocycles. The van der Waals surface area contributed by atoms with E-state index in [0.29, 0.717) is 23.8 Å². The highest BCUT2D eigenvalue weighted by molar-refractivity contribution is 6.30. The van der Waals surface area contributed by atoms with E-state index < -0.39 is 0 Å². The Hall–Kier alpha value is -2.34. The third-order valence-electron chi connectivity index (χ3n) is 4.35. The standard InChI is InChI=1S/C20H23ClN4O/c21-16-7-5-13(6-8-16)14-3-4-15-11-19(25-18(15)10-14)20(26)24-12-17(23)2-1-9-22/h3-8,10-11,17,25H,1-2,9,12,22-23H2,(H,24,26). The van der Waals surface area contributed by atoms with Crippen LogP contribution in [0.2, 0.25) is 5.02 Å². The normalized spacial score (nSPS) is 12.3. The molecular formula is C20H23ClN4O. The molecule has 6 N–H and O–H groups in total. The Kier molecular flexibility index (Phi) is 5.93. The van der Waals surface area contributed by atoms with Crippen molar-refractivity contribution >= 4 is 28.4 Å². The first-order valence-corrected chi connectivity index (χ1v) is 9.07. The third-order valence-corrected chi connectivity index (χ3v) is 4.60. The molecule has 1 heterocycles. The van der Waals surface area contributed by atoms with Gasteiger partial charge in [0.1, 0.15) is 5.69 Å². The molecule has 0 spiro atoms. The highest BCUT2D eigenvalue weighted by Crippen LogP contribution is 2.26. The molecular weight excluding hydrogens is 348 g/mol. The van der Waals surface area contributed by atoms with E-state index in [1.165, 1.54) is 0 Å². The van der Waals surface area contributed by atoms with E-state index in [4.69, 9.17) is 23.1 Å². The summed E-state index contributed by atoms with van der Waals surface area (Å²) in [5, 5.41) is 4.56. The summed E-state index contributed by atoms with van der Waals surface area (Å²) in [4.78, 5) is 15.5. The minimum atomic E-state index is -0.155. The molecule has 1 aromatic heterocycles. The van der Waals surface area contributed by atoms with Gasteiger partial charge in [-0.05, 0) is 54.8 Å². The molecule has 0 aliphatic heterocycles. The second-order valence-corrected chi connectivity index (χ2v) is 6.83. The first-order chi connectivity index (χ1) is 12.6. The van der Waals surface area contributed by atoms with Crippen LogP contribution in [0, 0.1) is 0 Å². The van der Waals surface area contributed by atoms with Gasteiger partial charge >= 0.3 is 0 Å². The summed E-state index contributed by atoms with van der Waals surface area (Å²) in [6.07, 6.45) is 1.66. The molecule has 1 atom stereocenters. The molecule has 6 heteroatoms. The van der Waals surface area contributed by atoms with Crippen molar-refractivity contribution in [1.29, 1.82) is 0 Å². The molecule has 136 valence electrons. The summed E-state index contributed by atoms with van der Waals surface area (Å²) in [7, 11) is 0. The Morgan fingerprint density at radius 2 is 1.85 bits per heavy atom. The fraction of sp³-hybridized carbons (Fsp3) is 0.250. The lowest BCUT2D eigenvalue weighted by molar-refractivity contribution is 0.0946. The Balaban J connectivity index is 1.72. The lowest BCUT2D eigenvalue weighted by atomic mass is 10.0. The smallest absolute Gasteiger partial charge is 0.267 e. The van der Waals surface area contributed by atoms with Gasteiger partial charge in [-0.1, -0.05) is 35.9 Å². The maximum atomic E-state index is 12.3. The van der Waals surface area contributed by atoms with E-state index in [0.717, 1.165) is 34.9 Å². The van der Waals surface area contributed by atoms with Crippen LogP contribution in [0.25, 0.3) is 22.0 Å². The number of H-pyrrole nitrogens is 1. The van der Waals surface area contributed by atoms with Gasteiger partial charge in [0, 0.05) is 28.5 Å². The zero-order valence-corrected chi connectivity index (χ0v) is 15.2. The van der Waals surface area contributed by atoms with Crippen LogP contribution in [-0.4, -0.2) is 30.0 Å². The lowest BCUT2D eigenvalue weighted by Gasteiger charge is -2.11. The summed E-state index contributed by atoms with van der Waals surface area (Å²) in [6, 6.07) is 15.5. The van der Waals surface area contributed by atoms with Crippen molar-refractivity contribution in [2.75, 3.05) is 13.1 Å². The Morgan fingerprint density at radius 3 is 2.58 bits per heavy atom. The van der Waals surface area contributed by atoms with Gasteiger partial charge in [-0.3, -0.25) is 4.79 Å². The number of carbonyl (C=O) groups excluding carboxylic acids is 1. The molecule has 0 saturated carbocycles. The van der Waals surface area contributed by atoms with E-state index in [2.05, 4.69) is 10.3 Å². The lowest BCUT2D eigenvalue weighted by Crippen LogP contribution is -2.37. The number of nitrogens with two attached hydrogens (primary N) is 2. The van der Waals surface area contributed by atoms with Gasteiger partial charge in [-0.25, -0.2) is 0 Å². The van der Waals surface area contributed by atoms with Gasteiger partial charge in [0.05, 0.1) is 0 Å². The van der Waals surface area contributed by atoms with E-state index >= 15 is 0 Å². The predicted molar refractivity (Wildman–Crippen MR) is 107 cm³/mol. The first kappa shape index (κ1) is 18.5. The molecule has 0 aliphatic carbocycles. The van der Waals surface area contributed by atoms with Crippen LogP contribution >= 0.6 is 11.6 Å². The number of amides is 1. The monoisotopic (exact) mass is 370 g/mol. The minimum absolute atomic E-state index is 0.0802. The van der Waals surface area contributed by atoms with Gasteiger partial charge in [0.25, 0.3) is 5.91 Å². The zero-order valence-electron chi connectivity index (χ0n) is 14.5. The maximum absolute atomic E-state index is 12.3. The zero-order chi connectivity index (χ0) is 18.5. The quantitative estimate of drug-likeness (QED) is 0.513.